The Labute approximate surface area is 159 Å². The number of halogens is 1. The van der Waals surface area contributed by atoms with Gasteiger partial charge in [-0.1, -0.05) is 40.5 Å². The summed E-state index contributed by atoms with van der Waals surface area (Å²) in [4.78, 5) is 18.3. The van der Waals surface area contributed by atoms with E-state index in [1.54, 1.807) is 0 Å². The van der Waals surface area contributed by atoms with Crippen LogP contribution in [0.2, 0.25) is 0 Å². The lowest BCUT2D eigenvalue weighted by Crippen LogP contribution is -2.43. The third kappa shape index (κ3) is 7.27. The van der Waals surface area contributed by atoms with Gasteiger partial charge >= 0.3 is 0 Å². The molecule has 5 nitrogen and oxygen atoms in total. The van der Waals surface area contributed by atoms with E-state index >= 15 is 0 Å². The Morgan fingerprint density at radius 1 is 1.22 bits per heavy atom. The van der Waals surface area contributed by atoms with E-state index in [9.17, 15) is 4.79 Å². The Hall–Kier alpha value is -0.530. The molecule has 1 amide bonds. The van der Waals surface area contributed by atoms with Crippen molar-refractivity contribution in [1.82, 2.24) is 15.5 Å². The van der Waals surface area contributed by atoms with Crippen LogP contribution in [0.5, 0.6) is 0 Å². The van der Waals surface area contributed by atoms with Crippen LogP contribution in [-0.2, 0) is 4.79 Å². The first-order chi connectivity index (χ1) is 10.5. The molecule has 2 N–H and O–H groups in total. The molecule has 0 saturated carbocycles. The molecule has 6 heteroatoms. The molecule has 1 rings (SSSR count). The molecule has 1 aliphatic rings. The zero-order valence-corrected chi connectivity index (χ0v) is 17.7. The first-order valence-corrected chi connectivity index (χ1v) is 8.76. The summed E-state index contributed by atoms with van der Waals surface area (Å²) in [6.45, 7) is 11.9. The van der Waals surface area contributed by atoms with Crippen LogP contribution in [0.25, 0.3) is 0 Å². The number of carbonyl (C=O) groups is 1. The minimum absolute atomic E-state index is 0. The summed E-state index contributed by atoms with van der Waals surface area (Å²) in [7, 11) is 1.83. The van der Waals surface area contributed by atoms with Gasteiger partial charge in [-0.05, 0) is 18.3 Å². The quantitative estimate of drug-likeness (QED) is 0.278. The minimum Gasteiger partial charge on any atom is -0.354 e. The fraction of sp³-hybridized carbons (Fsp3) is 0.882. The summed E-state index contributed by atoms with van der Waals surface area (Å²) in [6, 6.07) is 0. The van der Waals surface area contributed by atoms with Crippen molar-refractivity contribution in [2.45, 2.75) is 47.0 Å². The number of guanidine groups is 1. The maximum Gasteiger partial charge on any atom is 0.222 e. The van der Waals surface area contributed by atoms with E-state index in [2.05, 4.69) is 34.4 Å². The van der Waals surface area contributed by atoms with E-state index in [0.29, 0.717) is 6.54 Å². The van der Waals surface area contributed by atoms with Crippen LogP contribution in [0, 0.1) is 17.8 Å². The molecule has 0 aromatic carbocycles. The van der Waals surface area contributed by atoms with Gasteiger partial charge in [0.25, 0.3) is 0 Å². The van der Waals surface area contributed by atoms with E-state index in [1.807, 2.05) is 20.9 Å². The lowest BCUT2D eigenvalue weighted by Gasteiger charge is -2.24. The van der Waals surface area contributed by atoms with E-state index in [0.717, 1.165) is 37.4 Å². The second kappa shape index (κ2) is 11.9. The van der Waals surface area contributed by atoms with Crippen molar-refractivity contribution in [3.63, 3.8) is 0 Å². The molecular weight excluding hydrogens is 403 g/mol. The van der Waals surface area contributed by atoms with Crippen molar-refractivity contribution in [2.24, 2.45) is 22.7 Å². The van der Waals surface area contributed by atoms with E-state index < -0.39 is 0 Å². The Balaban J connectivity index is 0.00000484. The van der Waals surface area contributed by atoms with Crippen LogP contribution in [0.3, 0.4) is 0 Å². The van der Waals surface area contributed by atoms with Gasteiger partial charge in [-0.25, -0.2) is 0 Å². The highest BCUT2D eigenvalue weighted by Crippen LogP contribution is 2.28. The van der Waals surface area contributed by atoms with Crippen molar-refractivity contribution < 1.29 is 4.79 Å². The molecule has 1 heterocycles. The summed E-state index contributed by atoms with van der Waals surface area (Å²) in [5.74, 6) is 2.72. The number of amides is 1. The van der Waals surface area contributed by atoms with Crippen molar-refractivity contribution >= 4 is 35.8 Å². The topological polar surface area (TPSA) is 56.7 Å². The average molecular weight is 438 g/mol. The Bertz CT molecular complexity index is 370. The van der Waals surface area contributed by atoms with Crippen molar-refractivity contribution in [1.29, 1.82) is 0 Å². The van der Waals surface area contributed by atoms with Gasteiger partial charge in [0.1, 0.15) is 0 Å². The van der Waals surface area contributed by atoms with Crippen LogP contribution in [0.1, 0.15) is 47.0 Å². The van der Waals surface area contributed by atoms with Crippen LogP contribution in [0.4, 0.5) is 0 Å². The number of rotatable bonds is 7. The maximum absolute atomic E-state index is 11.5. The standard InChI is InChI=1S/C17H34N4O.HI/c1-6-14(7-2)15-8-11-21(12-15)17(18-5)20-10-9-19-16(22)13(3)4;/h13-15H,6-12H2,1-5H3,(H,18,20)(H,19,22);1H. The lowest BCUT2D eigenvalue weighted by atomic mass is 9.87. The molecule has 1 atom stereocenters. The van der Waals surface area contributed by atoms with Crippen LogP contribution >= 0.6 is 24.0 Å². The Kier molecular flexibility index (Phi) is 11.6. The summed E-state index contributed by atoms with van der Waals surface area (Å²) < 4.78 is 0. The highest BCUT2D eigenvalue weighted by atomic mass is 127. The lowest BCUT2D eigenvalue weighted by molar-refractivity contribution is -0.123. The minimum atomic E-state index is 0. The summed E-state index contributed by atoms with van der Waals surface area (Å²) in [6.07, 6.45) is 3.79. The molecule has 1 saturated heterocycles. The van der Waals surface area contributed by atoms with Gasteiger partial charge < -0.3 is 15.5 Å². The highest BCUT2D eigenvalue weighted by Gasteiger charge is 2.29. The average Bonchev–Trinajstić information content (AvgIpc) is 2.97. The largest absolute Gasteiger partial charge is 0.354 e. The Morgan fingerprint density at radius 3 is 2.35 bits per heavy atom. The smallest absolute Gasteiger partial charge is 0.222 e. The van der Waals surface area contributed by atoms with Crippen LogP contribution in [-0.4, -0.2) is 50.0 Å². The van der Waals surface area contributed by atoms with Crippen molar-refractivity contribution in [2.75, 3.05) is 33.2 Å². The molecule has 0 bridgehead atoms. The summed E-state index contributed by atoms with van der Waals surface area (Å²) in [5, 5.41) is 6.28. The van der Waals surface area contributed by atoms with E-state index in [-0.39, 0.29) is 35.8 Å². The number of hydrogen-bond acceptors (Lipinski definition) is 2. The predicted octanol–water partition coefficient (Wildman–Crippen LogP) is 2.71. The summed E-state index contributed by atoms with van der Waals surface area (Å²) in [5.41, 5.74) is 0. The van der Waals surface area contributed by atoms with Gasteiger partial charge in [0, 0.05) is 39.1 Å². The van der Waals surface area contributed by atoms with Gasteiger partial charge in [-0.3, -0.25) is 9.79 Å². The molecule has 136 valence electrons. The Morgan fingerprint density at radius 2 is 1.83 bits per heavy atom. The van der Waals surface area contributed by atoms with E-state index in [4.69, 9.17) is 0 Å². The second-order valence-electron chi connectivity index (χ2n) is 6.49. The number of nitrogens with zero attached hydrogens (tertiary/aromatic N) is 2. The van der Waals surface area contributed by atoms with Gasteiger partial charge in [-0.15, -0.1) is 24.0 Å². The monoisotopic (exact) mass is 438 g/mol. The summed E-state index contributed by atoms with van der Waals surface area (Å²) >= 11 is 0. The first-order valence-electron chi connectivity index (χ1n) is 8.76. The van der Waals surface area contributed by atoms with Crippen molar-refractivity contribution in [3.8, 4) is 0 Å². The van der Waals surface area contributed by atoms with Gasteiger partial charge in [0.2, 0.25) is 5.91 Å². The number of likely N-dealkylation sites (tertiary alicyclic amines) is 1. The molecule has 0 aromatic rings. The van der Waals surface area contributed by atoms with E-state index in [1.165, 1.54) is 19.3 Å². The molecule has 1 fully saturated rings. The fourth-order valence-corrected chi connectivity index (χ4v) is 3.22. The third-order valence-corrected chi connectivity index (χ3v) is 4.68. The maximum atomic E-state index is 11.5. The normalized spacial score (nSPS) is 18.3. The van der Waals surface area contributed by atoms with Gasteiger partial charge in [0.15, 0.2) is 5.96 Å². The first kappa shape index (κ1) is 22.5. The second-order valence-corrected chi connectivity index (χ2v) is 6.49. The van der Waals surface area contributed by atoms with Crippen molar-refractivity contribution in [3.05, 3.63) is 0 Å². The predicted molar refractivity (Wildman–Crippen MR) is 108 cm³/mol. The number of aliphatic imine (C=N–C) groups is 1. The molecule has 1 unspecified atom stereocenters. The third-order valence-electron chi connectivity index (χ3n) is 4.68. The fourth-order valence-electron chi connectivity index (χ4n) is 3.22. The molecule has 1 aliphatic heterocycles. The van der Waals surface area contributed by atoms with Gasteiger partial charge in [0.05, 0.1) is 0 Å². The van der Waals surface area contributed by atoms with Gasteiger partial charge in [-0.2, -0.15) is 0 Å². The SMILES string of the molecule is CCC(CC)C1CCN(C(=NC)NCCNC(=O)C(C)C)C1.I. The molecule has 0 aromatic heterocycles. The highest BCUT2D eigenvalue weighted by molar-refractivity contribution is 14.0. The van der Waals surface area contributed by atoms with Crippen LogP contribution in [0.15, 0.2) is 4.99 Å². The molecule has 0 radical (unpaired) electrons. The number of nitrogens with one attached hydrogen (secondary N) is 2. The zero-order chi connectivity index (χ0) is 16.5. The van der Waals surface area contributed by atoms with Crippen LogP contribution < -0.4 is 10.6 Å². The molecule has 0 aliphatic carbocycles. The number of hydrogen-bond donors (Lipinski definition) is 2. The molecule has 0 spiro atoms. The number of carbonyl (C=O) groups excluding carboxylic acids is 1. The zero-order valence-electron chi connectivity index (χ0n) is 15.4. The molecular formula is C17H35IN4O. The molecule has 23 heavy (non-hydrogen) atoms.